The van der Waals surface area contributed by atoms with Crippen molar-refractivity contribution in [2.45, 2.75) is 13.5 Å². The molecule has 0 saturated carbocycles. The van der Waals surface area contributed by atoms with Crippen LogP contribution in [0.15, 0.2) is 10.8 Å². The molecule has 2 N–H and O–H groups in total. The Labute approximate surface area is 97.0 Å². The standard InChI is InChI=1S/C10H13NO4S/c1-7-5-16-6-8(7)2-11-9(12)3-15-4-10(13)14/h5-6H,2-4H2,1H3,(H,11,12)(H,13,14). The molecular weight excluding hydrogens is 230 g/mol. The summed E-state index contributed by atoms with van der Waals surface area (Å²) < 4.78 is 4.65. The second-order valence-corrected chi connectivity index (χ2v) is 3.99. The van der Waals surface area contributed by atoms with Gasteiger partial charge in [-0.25, -0.2) is 4.79 Å². The summed E-state index contributed by atoms with van der Waals surface area (Å²) >= 11 is 1.58. The van der Waals surface area contributed by atoms with Gasteiger partial charge >= 0.3 is 5.97 Å². The molecule has 1 heterocycles. The zero-order valence-electron chi connectivity index (χ0n) is 8.86. The minimum absolute atomic E-state index is 0.227. The summed E-state index contributed by atoms with van der Waals surface area (Å²) in [7, 11) is 0. The number of rotatable bonds is 6. The van der Waals surface area contributed by atoms with Crippen LogP contribution in [0.2, 0.25) is 0 Å². The number of nitrogens with one attached hydrogen (secondary N) is 1. The van der Waals surface area contributed by atoms with E-state index < -0.39 is 12.6 Å². The normalized spacial score (nSPS) is 10.1. The highest BCUT2D eigenvalue weighted by molar-refractivity contribution is 7.08. The highest BCUT2D eigenvalue weighted by Crippen LogP contribution is 2.12. The lowest BCUT2D eigenvalue weighted by atomic mass is 10.2. The lowest BCUT2D eigenvalue weighted by molar-refractivity contribution is -0.143. The number of amides is 1. The van der Waals surface area contributed by atoms with Crippen LogP contribution in [-0.2, 0) is 20.9 Å². The zero-order valence-corrected chi connectivity index (χ0v) is 9.67. The number of hydrogen-bond acceptors (Lipinski definition) is 4. The van der Waals surface area contributed by atoms with E-state index in [0.29, 0.717) is 6.54 Å². The molecule has 88 valence electrons. The van der Waals surface area contributed by atoms with Crippen molar-refractivity contribution in [3.8, 4) is 0 Å². The third kappa shape index (κ3) is 4.41. The monoisotopic (exact) mass is 243 g/mol. The minimum Gasteiger partial charge on any atom is -0.480 e. The summed E-state index contributed by atoms with van der Waals surface area (Å²) in [6, 6.07) is 0. The molecule has 0 bridgehead atoms. The van der Waals surface area contributed by atoms with Crippen molar-refractivity contribution in [3.63, 3.8) is 0 Å². The first kappa shape index (κ1) is 12.7. The molecule has 0 aliphatic rings. The number of carboxylic acid groups (broad SMARTS) is 1. The van der Waals surface area contributed by atoms with Gasteiger partial charge < -0.3 is 15.2 Å². The summed E-state index contributed by atoms with van der Waals surface area (Å²) in [6.07, 6.45) is 0. The molecule has 1 aromatic rings. The fraction of sp³-hybridized carbons (Fsp3) is 0.400. The van der Waals surface area contributed by atoms with Gasteiger partial charge in [-0.2, -0.15) is 11.3 Å². The number of hydrogen-bond donors (Lipinski definition) is 2. The fourth-order valence-corrected chi connectivity index (χ4v) is 1.90. The number of thiophene rings is 1. The van der Waals surface area contributed by atoms with Gasteiger partial charge in [-0.05, 0) is 28.8 Å². The summed E-state index contributed by atoms with van der Waals surface area (Å²) in [5, 5.41) is 14.9. The molecular formula is C10H13NO4S. The predicted octanol–water partition coefficient (Wildman–Crippen LogP) is 0.774. The molecule has 6 heteroatoms. The second-order valence-electron chi connectivity index (χ2n) is 3.24. The average Bonchev–Trinajstić information content (AvgIpc) is 2.60. The van der Waals surface area contributed by atoms with Crippen molar-refractivity contribution in [2.75, 3.05) is 13.2 Å². The Hall–Kier alpha value is -1.40. The van der Waals surface area contributed by atoms with E-state index in [1.165, 1.54) is 0 Å². The quantitative estimate of drug-likeness (QED) is 0.774. The average molecular weight is 243 g/mol. The van der Waals surface area contributed by atoms with Crippen molar-refractivity contribution in [2.24, 2.45) is 0 Å². The number of aliphatic carboxylic acids is 1. The Balaban J connectivity index is 2.20. The third-order valence-corrected chi connectivity index (χ3v) is 2.81. The number of carbonyl (C=O) groups excluding carboxylic acids is 1. The van der Waals surface area contributed by atoms with Crippen molar-refractivity contribution >= 4 is 23.2 Å². The van der Waals surface area contributed by atoms with Crippen LogP contribution in [-0.4, -0.2) is 30.2 Å². The van der Waals surface area contributed by atoms with Gasteiger partial charge in [0.05, 0.1) is 0 Å². The highest BCUT2D eigenvalue weighted by Gasteiger charge is 2.05. The van der Waals surface area contributed by atoms with E-state index in [2.05, 4.69) is 10.1 Å². The van der Waals surface area contributed by atoms with Crippen molar-refractivity contribution < 1.29 is 19.4 Å². The van der Waals surface area contributed by atoms with Gasteiger partial charge in [-0.3, -0.25) is 4.79 Å². The summed E-state index contributed by atoms with van der Waals surface area (Å²) in [6.45, 7) is 1.74. The maximum atomic E-state index is 11.2. The Morgan fingerprint density at radius 1 is 1.44 bits per heavy atom. The van der Waals surface area contributed by atoms with Gasteiger partial charge in [0.1, 0.15) is 13.2 Å². The van der Waals surface area contributed by atoms with Crippen LogP contribution < -0.4 is 5.32 Å². The fourth-order valence-electron chi connectivity index (χ4n) is 1.04. The molecule has 0 atom stereocenters. The molecule has 0 saturated heterocycles. The van der Waals surface area contributed by atoms with E-state index in [1.54, 1.807) is 11.3 Å². The van der Waals surface area contributed by atoms with Gasteiger partial charge in [0, 0.05) is 6.54 Å². The Morgan fingerprint density at radius 2 is 2.19 bits per heavy atom. The lowest BCUT2D eigenvalue weighted by Crippen LogP contribution is -2.28. The molecule has 1 amide bonds. The molecule has 0 fully saturated rings. The Bertz CT molecular complexity index is 375. The largest absolute Gasteiger partial charge is 0.480 e. The second kappa shape index (κ2) is 6.24. The lowest BCUT2D eigenvalue weighted by Gasteiger charge is -2.04. The van der Waals surface area contributed by atoms with Crippen LogP contribution >= 0.6 is 11.3 Å². The maximum absolute atomic E-state index is 11.2. The van der Waals surface area contributed by atoms with Gasteiger partial charge in [-0.15, -0.1) is 0 Å². The number of carboxylic acids is 1. The van der Waals surface area contributed by atoms with E-state index in [-0.39, 0.29) is 12.5 Å². The van der Waals surface area contributed by atoms with Crippen LogP contribution in [0, 0.1) is 6.92 Å². The van der Waals surface area contributed by atoms with E-state index in [4.69, 9.17) is 5.11 Å². The van der Waals surface area contributed by atoms with Gasteiger partial charge in [0.15, 0.2) is 0 Å². The van der Waals surface area contributed by atoms with Crippen LogP contribution in [0.4, 0.5) is 0 Å². The zero-order chi connectivity index (χ0) is 12.0. The molecule has 0 aromatic carbocycles. The minimum atomic E-state index is -1.08. The van der Waals surface area contributed by atoms with Gasteiger partial charge in [0.25, 0.3) is 0 Å². The Kier molecular flexibility index (Phi) is 4.94. The van der Waals surface area contributed by atoms with E-state index >= 15 is 0 Å². The molecule has 0 unspecified atom stereocenters. The van der Waals surface area contributed by atoms with Crippen LogP contribution in [0.1, 0.15) is 11.1 Å². The van der Waals surface area contributed by atoms with Crippen molar-refractivity contribution in [1.82, 2.24) is 5.32 Å². The Morgan fingerprint density at radius 3 is 2.75 bits per heavy atom. The summed E-state index contributed by atoms with van der Waals surface area (Å²) in [5.41, 5.74) is 2.20. The highest BCUT2D eigenvalue weighted by atomic mass is 32.1. The third-order valence-electron chi connectivity index (χ3n) is 1.90. The smallest absolute Gasteiger partial charge is 0.329 e. The molecule has 16 heavy (non-hydrogen) atoms. The summed E-state index contributed by atoms with van der Waals surface area (Å²) in [5.74, 6) is -1.40. The van der Waals surface area contributed by atoms with Crippen molar-refractivity contribution in [3.05, 3.63) is 21.9 Å². The number of carbonyl (C=O) groups is 2. The van der Waals surface area contributed by atoms with E-state index in [1.807, 2.05) is 17.7 Å². The first-order valence-corrected chi connectivity index (χ1v) is 5.61. The first-order chi connectivity index (χ1) is 7.59. The van der Waals surface area contributed by atoms with E-state index in [0.717, 1.165) is 11.1 Å². The molecule has 1 rings (SSSR count). The molecule has 0 radical (unpaired) electrons. The first-order valence-electron chi connectivity index (χ1n) is 4.67. The molecule has 0 spiro atoms. The van der Waals surface area contributed by atoms with Crippen molar-refractivity contribution in [1.29, 1.82) is 0 Å². The molecule has 5 nitrogen and oxygen atoms in total. The van der Waals surface area contributed by atoms with E-state index in [9.17, 15) is 9.59 Å². The van der Waals surface area contributed by atoms with Crippen LogP contribution in [0.25, 0.3) is 0 Å². The number of aryl methyl sites for hydroxylation is 1. The summed E-state index contributed by atoms with van der Waals surface area (Å²) in [4.78, 5) is 21.3. The van der Waals surface area contributed by atoms with Gasteiger partial charge in [-0.1, -0.05) is 0 Å². The van der Waals surface area contributed by atoms with Gasteiger partial charge in [0.2, 0.25) is 5.91 Å². The van der Waals surface area contributed by atoms with Crippen LogP contribution in [0.5, 0.6) is 0 Å². The molecule has 1 aromatic heterocycles. The predicted molar refractivity (Wildman–Crippen MR) is 59.4 cm³/mol. The number of ether oxygens (including phenoxy) is 1. The SMILES string of the molecule is Cc1cscc1CNC(=O)COCC(=O)O. The topological polar surface area (TPSA) is 75.6 Å². The molecule has 0 aliphatic carbocycles. The van der Waals surface area contributed by atoms with Crippen LogP contribution in [0.3, 0.4) is 0 Å². The maximum Gasteiger partial charge on any atom is 0.329 e. The molecule has 0 aliphatic heterocycles.